The molecule has 1 saturated heterocycles. The SMILES string of the molecule is Cc1ccc(C(=O)Nc2cc(C(O)NCCCN3CCCC3=O)ccc2CCC2CCC(CCc3ccccc3)CC2)o1. The number of hydrogen-bond donors (Lipinski definition) is 3. The quantitative estimate of drug-likeness (QED) is 0.143. The Morgan fingerprint density at radius 1 is 1.00 bits per heavy atom. The number of carbonyl (C=O) groups is 2. The van der Waals surface area contributed by atoms with E-state index in [0.29, 0.717) is 36.8 Å². The largest absolute Gasteiger partial charge is 0.456 e. The molecule has 3 N–H and O–H groups in total. The molecule has 3 aromatic rings. The van der Waals surface area contributed by atoms with Gasteiger partial charge < -0.3 is 19.7 Å². The molecule has 2 heterocycles. The maximum Gasteiger partial charge on any atom is 0.291 e. The molecule has 2 fully saturated rings. The van der Waals surface area contributed by atoms with Crippen LogP contribution in [0.25, 0.3) is 0 Å². The number of nitrogens with zero attached hydrogens (tertiary/aromatic N) is 1. The van der Waals surface area contributed by atoms with Crippen LogP contribution in [0, 0.1) is 18.8 Å². The van der Waals surface area contributed by atoms with Crippen molar-refractivity contribution >= 4 is 17.5 Å². The summed E-state index contributed by atoms with van der Waals surface area (Å²) in [6.07, 6.45) is 11.0. The molecule has 1 saturated carbocycles. The molecule has 230 valence electrons. The summed E-state index contributed by atoms with van der Waals surface area (Å²) in [6, 6.07) is 20.1. The average Bonchev–Trinajstić information content (AvgIpc) is 3.66. The summed E-state index contributed by atoms with van der Waals surface area (Å²) in [5.74, 6) is 2.40. The molecule has 7 heteroatoms. The van der Waals surface area contributed by atoms with E-state index in [2.05, 4.69) is 41.0 Å². The Labute approximate surface area is 256 Å². The fraction of sp³-hybridized carbons (Fsp3) is 0.500. The van der Waals surface area contributed by atoms with Crippen molar-refractivity contribution in [2.24, 2.45) is 11.8 Å². The van der Waals surface area contributed by atoms with Crippen LogP contribution in [0.5, 0.6) is 0 Å². The molecule has 43 heavy (non-hydrogen) atoms. The molecule has 1 atom stereocenters. The maximum atomic E-state index is 13.0. The van der Waals surface area contributed by atoms with Crippen LogP contribution in [0.1, 0.15) is 97.0 Å². The van der Waals surface area contributed by atoms with Crippen LogP contribution in [0.15, 0.2) is 65.1 Å². The van der Waals surface area contributed by atoms with Gasteiger partial charge in [-0.3, -0.25) is 14.9 Å². The van der Waals surface area contributed by atoms with E-state index in [1.54, 1.807) is 12.1 Å². The van der Waals surface area contributed by atoms with E-state index in [-0.39, 0.29) is 17.6 Å². The normalized spacial score (nSPS) is 19.5. The van der Waals surface area contributed by atoms with E-state index >= 15 is 0 Å². The third kappa shape index (κ3) is 9.04. The van der Waals surface area contributed by atoms with Crippen molar-refractivity contribution in [1.82, 2.24) is 10.2 Å². The Morgan fingerprint density at radius 3 is 2.42 bits per heavy atom. The standard InChI is InChI=1S/C36H47N3O4/c1-26-10-21-33(43-26)36(42)38-32-25-31(35(41)37-22-6-24-39-23-5-9-34(39)40)20-19-30(32)18-17-29-15-13-28(14-16-29)12-11-27-7-3-2-4-8-27/h2-4,7-8,10,19-21,25,28-29,35,37,41H,5-6,9,11-18,22-24H2,1H3,(H,38,42). The van der Waals surface area contributed by atoms with Gasteiger partial charge in [-0.05, 0) is 98.7 Å². The van der Waals surface area contributed by atoms with Crippen LogP contribution < -0.4 is 10.6 Å². The lowest BCUT2D eigenvalue weighted by atomic mass is 9.77. The monoisotopic (exact) mass is 585 g/mol. The minimum absolute atomic E-state index is 0.222. The fourth-order valence-corrected chi connectivity index (χ4v) is 6.59. The summed E-state index contributed by atoms with van der Waals surface area (Å²) >= 11 is 0. The van der Waals surface area contributed by atoms with E-state index in [9.17, 15) is 14.7 Å². The molecule has 2 aliphatic rings. The summed E-state index contributed by atoms with van der Waals surface area (Å²) in [7, 11) is 0. The van der Waals surface area contributed by atoms with Gasteiger partial charge in [-0.1, -0.05) is 68.1 Å². The number of likely N-dealkylation sites (tertiary alicyclic amines) is 1. The number of rotatable bonds is 14. The number of aliphatic hydroxyl groups is 1. The number of nitrogens with one attached hydrogen (secondary N) is 2. The van der Waals surface area contributed by atoms with Gasteiger partial charge in [0, 0.05) is 25.2 Å². The molecule has 0 bridgehead atoms. The molecule has 1 unspecified atom stereocenters. The second kappa shape index (κ2) is 15.3. The van der Waals surface area contributed by atoms with Crippen molar-refractivity contribution in [3.63, 3.8) is 0 Å². The molecular weight excluding hydrogens is 538 g/mol. The Kier molecular flexibility index (Phi) is 11.1. The summed E-state index contributed by atoms with van der Waals surface area (Å²) in [6.45, 7) is 3.95. The average molecular weight is 586 g/mol. The molecule has 1 aliphatic carbocycles. The lowest BCUT2D eigenvalue weighted by Gasteiger charge is -2.29. The smallest absolute Gasteiger partial charge is 0.291 e. The highest BCUT2D eigenvalue weighted by molar-refractivity contribution is 6.02. The Morgan fingerprint density at radius 2 is 1.74 bits per heavy atom. The summed E-state index contributed by atoms with van der Waals surface area (Å²) in [4.78, 5) is 26.8. The first-order valence-electron chi connectivity index (χ1n) is 16.2. The lowest BCUT2D eigenvalue weighted by Crippen LogP contribution is -2.29. The summed E-state index contributed by atoms with van der Waals surface area (Å²) < 4.78 is 5.56. The third-order valence-corrected chi connectivity index (χ3v) is 9.25. The minimum atomic E-state index is -0.865. The molecule has 5 rings (SSSR count). The molecule has 1 aliphatic heterocycles. The van der Waals surface area contributed by atoms with Crippen molar-refractivity contribution in [2.45, 2.75) is 83.8 Å². The zero-order valence-corrected chi connectivity index (χ0v) is 25.5. The van der Waals surface area contributed by atoms with Gasteiger partial charge in [0.1, 0.15) is 12.0 Å². The van der Waals surface area contributed by atoms with Gasteiger partial charge in [0.15, 0.2) is 5.76 Å². The van der Waals surface area contributed by atoms with Crippen molar-refractivity contribution in [3.05, 3.63) is 88.9 Å². The van der Waals surface area contributed by atoms with Crippen LogP contribution in [0.2, 0.25) is 0 Å². The van der Waals surface area contributed by atoms with E-state index in [0.717, 1.165) is 49.4 Å². The number of furan rings is 1. The van der Waals surface area contributed by atoms with E-state index in [1.165, 1.54) is 44.1 Å². The van der Waals surface area contributed by atoms with Gasteiger partial charge in [-0.25, -0.2) is 0 Å². The molecule has 0 radical (unpaired) electrons. The first-order chi connectivity index (χ1) is 20.9. The number of benzene rings is 2. The summed E-state index contributed by atoms with van der Waals surface area (Å²) in [5, 5.41) is 17.1. The van der Waals surface area contributed by atoms with Gasteiger partial charge in [0.05, 0.1) is 0 Å². The third-order valence-electron chi connectivity index (χ3n) is 9.25. The van der Waals surface area contributed by atoms with Crippen LogP contribution in [-0.2, 0) is 17.6 Å². The van der Waals surface area contributed by atoms with Gasteiger partial charge in [-0.2, -0.15) is 0 Å². The number of anilines is 1. The highest BCUT2D eigenvalue weighted by Gasteiger charge is 2.23. The predicted molar refractivity (Wildman–Crippen MR) is 170 cm³/mol. The molecule has 1 aromatic heterocycles. The number of aryl methyl sites for hydroxylation is 3. The van der Waals surface area contributed by atoms with Crippen molar-refractivity contribution in [3.8, 4) is 0 Å². The van der Waals surface area contributed by atoms with Crippen LogP contribution in [-0.4, -0.2) is 41.5 Å². The van der Waals surface area contributed by atoms with E-state index in [4.69, 9.17) is 4.42 Å². The maximum absolute atomic E-state index is 13.0. The number of amides is 2. The fourth-order valence-electron chi connectivity index (χ4n) is 6.59. The molecular formula is C36H47N3O4. The highest BCUT2D eigenvalue weighted by Crippen LogP contribution is 2.35. The highest BCUT2D eigenvalue weighted by atomic mass is 16.3. The minimum Gasteiger partial charge on any atom is -0.456 e. The first kappa shape index (κ1) is 31.0. The second-order valence-corrected chi connectivity index (χ2v) is 12.4. The lowest BCUT2D eigenvalue weighted by molar-refractivity contribution is -0.127. The van der Waals surface area contributed by atoms with Gasteiger partial charge in [0.2, 0.25) is 5.91 Å². The number of aliphatic hydroxyl groups excluding tert-OH is 1. The van der Waals surface area contributed by atoms with Crippen molar-refractivity contribution in [1.29, 1.82) is 0 Å². The Bertz CT molecular complexity index is 1330. The van der Waals surface area contributed by atoms with Crippen LogP contribution >= 0.6 is 0 Å². The Balaban J connectivity index is 1.15. The van der Waals surface area contributed by atoms with Crippen molar-refractivity contribution in [2.75, 3.05) is 25.0 Å². The molecule has 7 nitrogen and oxygen atoms in total. The molecule has 0 spiro atoms. The summed E-state index contributed by atoms with van der Waals surface area (Å²) in [5.41, 5.74) is 3.93. The van der Waals surface area contributed by atoms with Gasteiger partial charge >= 0.3 is 0 Å². The first-order valence-corrected chi connectivity index (χ1v) is 16.2. The molecule has 2 aromatic carbocycles. The number of hydrogen-bond acceptors (Lipinski definition) is 5. The van der Waals surface area contributed by atoms with E-state index < -0.39 is 6.23 Å². The van der Waals surface area contributed by atoms with Gasteiger partial charge in [0.25, 0.3) is 5.91 Å². The zero-order chi connectivity index (χ0) is 30.0. The Hall–Kier alpha value is -3.42. The zero-order valence-electron chi connectivity index (χ0n) is 25.5. The van der Waals surface area contributed by atoms with Crippen LogP contribution in [0.3, 0.4) is 0 Å². The van der Waals surface area contributed by atoms with Gasteiger partial charge in [-0.15, -0.1) is 0 Å². The molecule has 2 amide bonds. The predicted octanol–water partition coefficient (Wildman–Crippen LogP) is 6.81. The van der Waals surface area contributed by atoms with Crippen LogP contribution in [0.4, 0.5) is 5.69 Å². The van der Waals surface area contributed by atoms with E-state index in [1.807, 2.05) is 30.0 Å². The second-order valence-electron chi connectivity index (χ2n) is 12.4. The number of carbonyl (C=O) groups excluding carboxylic acids is 2. The topological polar surface area (TPSA) is 94.8 Å². The van der Waals surface area contributed by atoms with Crippen molar-refractivity contribution < 1.29 is 19.1 Å².